The van der Waals surface area contributed by atoms with Gasteiger partial charge >= 0.3 is 0 Å². The highest BCUT2D eigenvalue weighted by atomic mass is 16.5. The molecule has 0 spiro atoms. The third kappa shape index (κ3) is 6.18. The lowest BCUT2D eigenvalue weighted by atomic mass is 9.82. The second-order valence-electron chi connectivity index (χ2n) is 9.70. The number of fused-ring (bicyclic) bond motifs is 1. The Bertz CT molecular complexity index is 1530. The predicted molar refractivity (Wildman–Crippen MR) is 159 cm³/mol. The summed E-state index contributed by atoms with van der Waals surface area (Å²) < 4.78 is 7.51. The van der Waals surface area contributed by atoms with E-state index in [1.807, 2.05) is 66.9 Å². The average Bonchev–Trinajstić information content (AvgIpc) is 3.34. The van der Waals surface area contributed by atoms with Gasteiger partial charge in [-0.15, -0.1) is 0 Å². The van der Waals surface area contributed by atoms with Crippen molar-refractivity contribution in [2.75, 3.05) is 7.11 Å². The first-order chi connectivity index (χ1) is 19.5. The van der Waals surface area contributed by atoms with E-state index in [0.29, 0.717) is 24.1 Å². The van der Waals surface area contributed by atoms with Gasteiger partial charge in [-0.3, -0.25) is 9.59 Å². The van der Waals surface area contributed by atoms with Crippen LogP contribution in [0.4, 0.5) is 0 Å². The van der Waals surface area contributed by atoms with Gasteiger partial charge in [0.25, 0.3) is 6.47 Å². The molecule has 4 aromatic rings. The van der Waals surface area contributed by atoms with E-state index < -0.39 is 0 Å². The molecule has 0 aliphatic heterocycles. The van der Waals surface area contributed by atoms with Crippen LogP contribution in [0.5, 0.6) is 5.75 Å². The fourth-order valence-electron chi connectivity index (χ4n) is 5.38. The Hall–Kier alpha value is -4.58. The molecule has 6 nitrogen and oxygen atoms in total. The molecule has 0 unspecified atom stereocenters. The number of Topliss-reactive ketones (excluding diaryl/α,β-unsaturated/α-hetero) is 1. The summed E-state index contributed by atoms with van der Waals surface area (Å²) in [5, 5.41) is 19.1. The van der Waals surface area contributed by atoms with Crippen molar-refractivity contribution in [1.82, 2.24) is 4.57 Å². The van der Waals surface area contributed by atoms with Crippen LogP contribution in [0.1, 0.15) is 60.5 Å². The van der Waals surface area contributed by atoms with E-state index in [2.05, 4.69) is 29.7 Å². The van der Waals surface area contributed by atoms with Gasteiger partial charge < -0.3 is 19.5 Å². The number of hydrogen-bond donors (Lipinski definition) is 2. The SMILES string of the molecule is CCC1=C(c2ccc(OC)cc2)C(C(=O)c2cn(Cc3ccccc3)c3ccccc23)=C(O)CCCC1.O=CO. The number of rotatable bonds is 7. The molecule has 6 heteroatoms. The van der Waals surface area contributed by atoms with E-state index in [1.54, 1.807) is 7.11 Å². The molecular formula is C34H35NO5. The van der Waals surface area contributed by atoms with E-state index in [4.69, 9.17) is 14.6 Å². The molecule has 0 saturated heterocycles. The third-order valence-electron chi connectivity index (χ3n) is 7.30. The van der Waals surface area contributed by atoms with Crippen molar-refractivity contribution in [3.8, 4) is 5.75 Å². The summed E-state index contributed by atoms with van der Waals surface area (Å²) in [6.45, 7) is 2.55. The number of aliphatic hydroxyl groups excluding tert-OH is 1. The topological polar surface area (TPSA) is 88.8 Å². The number of hydrogen-bond acceptors (Lipinski definition) is 4. The molecule has 2 N–H and O–H groups in total. The average molecular weight is 538 g/mol. The van der Waals surface area contributed by atoms with Gasteiger partial charge in [0.05, 0.1) is 12.7 Å². The van der Waals surface area contributed by atoms with Crippen molar-refractivity contribution in [2.45, 2.75) is 45.6 Å². The van der Waals surface area contributed by atoms with Gasteiger partial charge in [-0.05, 0) is 60.6 Å². The molecule has 0 saturated carbocycles. The third-order valence-corrected chi connectivity index (χ3v) is 7.30. The van der Waals surface area contributed by atoms with Crippen LogP contribution in [-0.2, 0) is 11.3 Å². The zero-order chi connectivity index (χ0) is 28.5. The van der Waals surface area contributed by atoms with Gasteiger partial charge in [0, 0.05) is 35.6 Å². The maximum Gasteiger partial charge on any atom is 0.290 e. The number of nitrogens with zero attached hydrogens (tertiary/aromatic N) is 1. The lowest BCUT2D eigenvalue weighted by molar-refractivity contribution is -0.122. The van der Waals surface area contributed by atoms with E-state index in [-0.39, 0.29) is 18.0 Å². The first-order valence-corrected chi connectivity index (χ1v) is 13.6. The molecule has 40 heavy (non-hydrogen) atoms. The van der Waals surface area contributed by atoms with Crippen LogP contribution in [0, 0.1) is 0 Å². The molecule has 0 radical (unpaired) electrons. The Morgan fingerprint density at radius 1 is 0.950 bits per heavy atom. The summed E-state index contributed by atoms with van der Waals surface area (Å²) in [6.07, 6.45) is 6.04. The fraction of sp³-hybridized carbons (Fsp3) is 0.235. The number of carbonyl (C=O) groups excluding carboxylic acids is 1. The molecule has 3 aromatic carbocycles. The molecule has 1 aliphatic carbocycles. The zero-order valence-electron chi connectivity index (χ0n) is 23.0. The molecule has 1 aliphatic rings. The first-order valence-electron chi connectivity index (χ1n) is 13.6. The lowest BCUT2D eigenvalue weighted by Gasteiger charge is -2.22. The van der Waals surface area contributed by atoms with Gasteiger partial charge in [0.2, 0.25) is 0 Å². The van der Waals surface area contributed by atoms with Crippen molar-refractivity contribution in [1.29, 1.82) is 0 Å². The van der Waals surface area contributed by atoms with Crippen molar-refractivity contribution >= 4 is 28.7 Å². The summed E-state index contributed by atoms with van der Waals surface area (Å²) in [4.78, 5) is 22.8. The molecule has 0 amide bonds. The van der Waals surface area contributed by atoms with Crippen LogP contribution in [0.15, 0.2) is 102 Å². The zero-order valence-corrected chi connectivity index (χ0v) is 23.0. The number of carboxylic acid groups (broad SMARTS) is 1. The monoisotopic (exact) mass is 537 g/mol. The van der Waals surface area contributed by atoms with Crippen molar-refractivity contribution in [2.24, 2.45) is 0 Å². The number of ketones is 1. The Morgan fingerprint density at radius 3 is 2.27 bits per heavy atom. The number of aliphatic hydroxyl groups is 1. The number of ether oxygens (including phenoxy) is 1. The number of para-hydroxylation sites is 1. The summed E-state index contributed by atoms with van der Waals surface area (Å²) >= 11 is 0. The number of carbonyl (C=O) groups is 2. The van der Waals surface area contributed by atoms with Crippen LogP contribution < -0.4 is 4.74 Å². The fourth-order valence-corrected chi connectivity index (χ4v) is 5.38. The molecule has 206 valence electrons. The molecule has 0 atom stereocenters. The van der Waals surface area contributed by atoms with E-state index in [0.717, 1.165) is 53.5 Å². The van der Waals surface area contributed by atoms with Gasteiger partial charge in [-0.25, -0.2) is 0 Å². The van der Waals surface area contributed by atoms with Crippen LogP contribution in [0.2, 0.25) is 0 Å². The molecule has 5 rings (SSSR count). The number of allylic oxidation sites excluding steroid dienone is 4. The lowest BCUT2D eigenvalue weighted by Crippen LogP contribution is -2.12. The van der Waals surface area contributed by atoms with Crippen LogP contribution in [-0.4, -0.2) is 34.1 Å². The van der Waals surface area contributed by atoms with Crippen molar-refractivity contribution < 1.29 is 24.5 Å². The number of benzene rings is 3. The number of methoxy groups -OCH3 is 1. The minimum Gasteiger partial charge on any atom is -0.512 e. The van der Waals surface area contributed by atoms with Crippen molar-refractivity contribution in [3.05, 3.63) is 119 Å². The summed E-state index contributed by atoms with van der Waals surface area (Å²) in [5.74, 6) is 0.818. The molecule has 1 heterocycles. The highest BCUT2D eigenvalue weighted by molar-refractivity contribution is 6.24. The molecule has 1 aromatic heterocycles. The minimum atomic E-state index is -0.250. The number of aromatic nitrogens is 1. The normalized spacial score (nSPS) is 13.8. The standard InChI is InChI=1S/C33H33NO3.CH2O2/c1-3-24-13-7-10-16-30(35)32(31(24)25-17-19-26(37-2)20-18-25)33(36)28-22-34(21-23-11-5-4-6-12-23)29-15-9-8-14-27(28)29;2-1-3/h4-6,8-9,11-12,14-15,17-20,22,35H,3,7,10,13,16,21H2,1-2H3;1H,(H,2,3). The van der Waals surface area contributed by atoms with Crippen LogP contribution in [0.25, 0.3) is 16.5 Å². The van der Waals surface area contributed by atoms with Crippen molar-refractivity contribution in [3.63, 3.8) is 0 Å². The highest BCUT2D eigenvalue weighted by Crippen LogP contribution is 2.39. The summed E-state index contributed by atoms with van der Waals surface area (Å²) in [7, 11) is 1.65. The van der Waals surface area contributed by atoms with Crippen LogP contribution >= 0.6 is 0 Å². The predicted octanol–water partition coefficient (Wildman–Crippen LogP) is 7.83. The van der Waals surface area contributed by atoms with Gasteiger partial charge in [0.1, 0.15) is 11.5 Å². The minimum absolute atomic E-state index is 0.126. The van der Waals surface area contributed by atoms with E-state index >= 15 is 0 Å². The Kier molecular flexibility index (Phi) is 9.57. The Labute approximate surface area is 234 Å². The van der Waals surface area contributed by atoms with Gasteiger partial charge in [0.15, 0.2) is 5.78 Å². The molecule has 0 fully saturated rings. The quantitative estimate of drug-likeness (QED) is 0.185. The largest absolute Gasteiger partial charge is 0.512 e. The van der Waals surface area contributed by atoms with E-state index in [9.17, 15) is 9.90 Å². The van der Waals surface area contributed by atoms with Gasteiger partial charge in [-0.2, -0.15) is 0 Å². The molecule has 0 bridgehead atoms. The second-order valence-corrected chi connectivity index (χ2v) is 9.70. The summed E-state index contributed by atoms with van der Waals surface area (Å²) in [6, 6.07) is 26.1. The Morgan fingerprint density at radius 2 is 1.60 bits per heavy atom. The maximum absolute atomic E-state index is 14.4. The van der Waals surface area contributed by atoms with Crippen LogP contribution in [0.3, 0.4) is 0 Å². The maximum atomic E-state index is 14.4. The second kappa shape index (κ2) is 13.5. The van der Waals surface area contributed by atoms with Gasteiger partial charge in [-0.1, -0.05) is 73.2 Å². The first kappa shape index (κ1) is 28.4. The highest BCUT2D eigenvalue weighted by Gasteiger charge is 2.28. The van der Waals surface area contributed by atoms with E-state index in [1.165, 1.54) is 11.1 Å². The molecular weight excluding hydrogens is 502 g/mol. The summed E-state index contributed by atoms with van der Waals surface area (Å²) in [5.41, 5.74) is 6.23. The Balaban J connectivity index is 0.00000118. The smallest absolute Gasteiger partial charge is 0.290 e.